The summed E-state index contributed by atoms with van der Waals surface area (Å²) in [7, 11) is -4.56. The van der Waals surface area contributed by atoms with Gasteiger partial charge in [-0.1, -0.05) is 29.8 Å². The van der Waals surface area contributed by atoms with Gasteiger partial charge in [-0.3, -0.25) is 9.52 Å². The summed E-state index contributed by atoms with van der Waals surface area (Å²) in [6.07, 6.45) is -1.20. The predicted octanol–water partition coefficient (Wildman–Crippen LogP) is 4.26. The number of rotatable bonds is 7. The lowest BCUT2D eigenvalue weighted by atomic mass is 10.2. The Morgan fingerprint density at radius 3 is 2.33 bits per heavy atom. The molecule has 0 aliphatic heterocycles. The van der Waals surface area contributed by atoms with Crippen molar-refractivity contribution in [3.63, 3.8) is 0 Å². The number of hydrogen-bond acceptors (Lipinski definition) is 5. The fourth-order valence-corrected chi connectivity index (χ4v) is 3.96. The van der Waals surface area contributed by atoms with Gasteiger partial charge in [0.2, 0.25) is 0 Å². The summed E-state index contributed by atoms with van der Waals surface area (Å²) in [6, 6.07) is 14.4. The number of amides is 1. The Bertz CT molecular complexity index is 1290. The van der Waals surface area contributed by atoms with Crippen LogP contribution in [0.5, 0.6) is 0 Å². The summed E-state index contributed by atoms with van der Waals surface area (Å²) in [5.41, 5.74) is 1.08. The molecule has 0 spiro atoms. The molecule has 0 heterocycles. The van der Waals surface area contributed by atoms with Crippen molar-refractivity contribution < 1.29 is 31.5 Å². The van der Waals surface area contributed by atoms with Crippen LogP contribution in [0.4, 0.5) is 20.2 Å². The molecule has 172 valence electrons. The van der Waals surface area contributed by atoms with Crippen LogP contribution in [0, 0.1) is 18.6 Å². The first-order valence-electron chi connectivity index (χ1n) is 9.72. The lowest BCUT2D eigenvalue weighted by Crippen LogP contribution is -2.30. The van der Waals surface area contributed by atoms with E-state index >= 15 is 0 Å². The number of benzene rings is 3. The summed E-state index contributed by atoms with van der Waals surface area (Å²) in [4.78, 5) is 24.1. The summed E-state index contributed by atoms with van der Waals surface area (Å²) >= 11 is 0. The highest BCUT2D eigenvalue weighted by molar-refractivity contribution is 7.92. The highest BCUT2D eigenvalue weighted by Gasteiger charge is 2.25. The topological polar surface area (TPSA) is 102 Å². The maximum absolute atomic E-state index is 14.0. The van der Waals surface area contributed by atoms with E-state index in [-0.39, 0.29) is 11.3 Å². The van der Waals surface area contributed by atoms with Crippen molar-refractivity contribution in [3.05, 3.63) is 89.5 Å². The minimum Gasteiger partial charge on any atom is -0.449 e. The number of sulfonamides is 1. The number of para-hydroxylation sites is 1. The molecular weight excluding hydrogens is 454 g/mol. The maximum Gasteiger partial charge on any atom is 0.341 e. The monoisotopic (exact) mass is 474 g/mol. The van der Waals surface area contributed by atoms with Gasteiger partial charge >= 0.3 is 5.97 Å². The van der Waals surface area contributed by atoms with Gasteiger partial charge < -0.3 is 10.1 Å². The first kappa shape index (κ1) is 23.9. The Morgan fingerprint density at radius 1 is 0.970 bits per heavy atom. The number of ether oxygens (including phenoxy) is 1. The lowest BCUT2D eigenvalue weighted by Gasteiger charge is -2.16. The minimum absolute atomic E-state index is 0.215. The van der Waals surface area contributed by atoms with Crippen molar-refractivity contribution in [2.75, 3.05) is 10.0 Å². The van der Waals surface area contributed by atoms with Crippen LogP contribution in [0.15, 0.2) is 71.6 Å². The maximum atomic E-state index is 14.0. The van der Waals surface area contributed by atoms with Crippen LogP contribution < -0.4 is 10.0 Å². The van der Waals surface area contributed by atoms with Crippen LogP contribution in [0.2, 0.25) is 0 Å². The molecule has 3 rings (SSSR count). The Hall–Kier alpha value is -3.79. The number of carbonyl (C=O) groups is 2. The molecule has 0 bridgehead atoms. The number of aryl methyl sites for hydroxylation is 1. The smallest absolute Gasteiger partial charge is 0.341 e. The van der Waals surface area contributed by atoms with Gasteiger partial charge in [-0.2, -0.15) is 0 Å². The molecule has 0 aliphatic carbocycles. The van der Waals surface area contributed by atoms with Gasteiger partial charge in [0, 0.05) is 5.69 Å². The quantitative estimate of drug-likeness (QED) is 0.499. The van der Waals surface area contributed by atoms with Crippen molar-refractivity contribution in [3.8, 4) is 0 Å². The normalized spacial score (nSPS) is 12.0. The third-order valence-corrected chi connectivity index (χ3v) is 5.93. The van der Waals surface area contributed by atoms with Crippen LogP contribution >= 0.6 is 0 Å². The summed E-state index contributed by atoms with van der Waals surface area (Å²) in [5, 5.41) is 2.61. The number of nitrogens with one attached hydrogen (secondary N) is 2. The van der Waals surface area contributed by atoms with E-state index in [1.807, 2.05) is 6.92 Å². The van der Waals surface area contributed by atoms with E-state index in [9.17, 15) is 26.8 Å². The third kappa shape index (κ3) is 5.92. The largest absolute Gasteiger partial charge is 0.449 e. The molecule has 1 amide bonds. The SMILES string of the molecule is Cc1ccc(NC(=O)C(C)OC(=O)c2ccccc2NS(=O)(=O)c2cc(F)ccc2F)cc1. The summed E-state index contributed by atoms with van der Waals surface area (Å²) in [5.74, 6) is -3.69. The predicted molar refractivity (Wildman–Crippen MR) is 118 cm³/mol. The van der Waals surface area contributed by atoms with Crippen molar-refractivity contribution in [1.82, 2.24) is 0 Å². The highest BCUT2D eigenvalue weighted by Crippen LogP contribution is 2.23. The highest BCUT2D eigenvalue weighted by atomic mass is 32.2. The molecule has 0 radical (unpaired) electrons. The van der Waals surface area contributed by atoms with Gasteiger partial charge in [0.1, 0.15) is 16.5 Å². The van der Waals surface area contributed by atoms with Crippen LogP contribution in [0.3, 0.4) is 0 Å². The fraction of sp³-hybridized carbons (Fsp3) is 0.130. The molecule has 1 atom stereocenters. The average Bonchev–Trinajstić information content (AvgIpc) is 2.76. The number of carbonyl (C=O) groups excluding carboxylic acids is 2. The van der Waals surface area contributed by atoms with Gasteiger partial charge in [-0.25, -0.2) is 22.0 Å². The number of esters is 1. The van der Waals surface area contributed by atoms with Crippen LogP contribution in [0.1, 0.15) is 22.8 Å². The molecule has 10 heteroatoms. The van der Waals surface area contributed by atoms with Gasteiger partial charge in [-0.15, -0.1) is 0 Å². The molecule has 33 heavy (non-hydrogen) atoms. The minimum atomic E-state index is -4.56. The Labute approximate surface area is 189 Å². The van der Waals surface area contributed by atoms with Crippen molar-refractivity contribution >= 4 is 33.3 Å². The second-order valence-electron chi connectivity index (χ2n) is 7.13. The molecule has 2 N–H and O–H groups in total. The molecule has 1 unspecified atom stereocenters. The van der Waals surface area contributed by atoms with Gasteiger partial charge in [0.05, 0.1) is 11.3 Å². The molecule has 0 saturated heterocycles. The molecule has 0 aromatic heterocycles. The zero-order valence-electron chi connectivity index (χ0n) is 17.6. The van der Waals surface area contributed by atoms with Crippen LogP contribution in [-0.2, 0) is 19.6 Å². The lowest BCUT2D eigenvalue weighted by molar-refractivity contribution is -0.123. The summed E-state index contributed by atoms with van der Waals surface area (Å²) in [6.45, 7) is 3.25. The molecule has 7 nitrogen and oxygen atoms in total. The van der Waals surface area contributed by atoms with Crippen molar-refractivity contribution in [1.29, 1.82) is 0 Å². The average molecular weight is 474 g/mol. The second kappa shape index (κ2) is 9.78. The van der Waals surface area contributed by atoms with Crippen molar-refractivity contribution in [2.45, 2.75) is 24.8 Å². The van der Waals surface area contributed by atoms with E-state index in [4.69, 9.17) is 4.74 Å². The van der Waals surface area contributed by atoms with Crippen LogP contribution in [0.25, 0.3) is 0 Å². The van der Waals surface area contributed by atoms with E-state index in [0.29, 0.717) is 17.8 Å². The van der Waals surface area contributed by atoms with Gasteiger partial charge in [0.25, 0.3) is 15.9 Å². The second-order valence-corrected chi connectivity index (χ2v) is 8.78. The van der Waals surface area contributed by atoms with Crippen molar-refractivity contribution in [2.24, 2.45) is 0 Å². The number of hydrogen-bond donors (Lipinski definition) is 2. The Morgan fingerprint density at radius 2 is 1.64 bits per heavy atom. The molecule has 3 aromatic carbocycles. The molecule has 3 aromatic rings. The van der Waals surface area contributed by atoms with E-state index in [1.165, 1.54) is 31.2 Å². The zero-order valence-corrected chi connectivity index (χ0v) is 18.5. The fourth-order valence-electron chi connectivity index (χ4n) is 2.79. The number of anilines is 2. The zero-order chi connectivity index (χ0) is 24.2. The van der Waals surface area contributed by atoms with Crippen LogP contribution in [-0.4, -0.2) is 26.4 Å². The Balaban J connectivity index is 1.76. The van der Waals surface area contributed by atoms with E-state index in [2.05, 4.69) is 10.0 Å². The van der Waals surface area contributed by atoms with E-state index in [0.717, 1.165) is 11.6 Å². The third-order valence-electron chi connectivity index (χ3n) is 4.55. The standard InChI is InChI=1S/C23H20F2N2O5S/c1-14-7-10-17(11-8-14)26-22(28)15(2)32-23(29)18-5-3-4-6-20(18)27-33(30,31)21-13-16(24)9-12-19(21)25/h3-13,15,27H,1-2H3,(H,26,28). The summed E-state index contributed by atoms with van der Waals surface area (Å²) < 4.78 is 59.8. The molecule has 0 fully saturated rings. The van der Waals surface area contributed by atoms with E-state index < -0.39 is 44.5 Å². The van der Waals surface area contributed by atoms with Gasteiger partial charge in [-0.05, 0) is 56.3 Å². The first-order valence-corrected chi connectivity index (χ1v) is 11.2. The van der Waals surface area contributed by atoms with Gasteiger partial charge in [0.15, 0.2) is 6.10 Å². The first-order chi connectivity index (χ1) is 15.6. The molecular formula is C23H20F2N2O5S. The Kier molecular flexibility index (Phi) is 7.07. The van der Waals surface area contributed by atoms with E-state index in [1.54, 1.807) is 24.3 Å². The molecule has 0 aliphatic rings. The molecule has 0 saturated carbocycles. The number of halogens is 2.